The van der Waals surface area contributed by atoms with Gasteiger partial charge >= 0.3 is 5.97 Å². The maximum atomic E-state index is 12.0. The zero-order valence-corrected chi connectivity index (χ0v) is 11.7. The van der Waals surface area contributed by atoms with E-state index in [0.29, 0.717) is 0 Å². The van der Waals surface area contributed by atoms with Gasteiger partial charge in [0.1, 0.15) is 5.41 Å². The third-order valence-electron chi connectivity index (χ3n) is 3.73. The summed E-state index contributed by atoms with van der Waals surface area (Å²) >= 11 is 0. The molecule has 0 spiro atoms. The Kier molecular flexibility index (Phi) is 4.09. The van der Waals surface area contributed by atoms with Gasteiger partial charge in [-0.3, -0.25) is 9.59 Å². The van der Waals surface area contributed by atoms with Crippen molar-refractivity contribution in [2.45, 2.75) is 26.3 Å². The molecule has 1 heterocycles. The van der Waals surface area contributed by atoms with Crippen LogP contribution >= 0.6 is 0 Å². The standard InChI is InChI=1S/C15H19NO4/c1-10-4-3-5-11(6-10)7-13(17)16-12-8-20-9-15(12,2)14(18)19/h3-6,12H,7-9H2,1-2H3,(H,16,17)(H,18,19). The number of carboxylic acid groups (broad SMARTS) is 1. The summed E-state index contributed by atoms with van der Waals surface area (Å²) in [5, 5.41) is 12.0. The molecule has 5 heteroatoms. The third-order valence-corrected chi connectivity index (χ3v) is 3.73. The first-order chi connectivity index (χ1) is 9.41. The summed E-state index contributed by atoms with van der Waals surface area (Å²) in [6, 6.07) is 7.21. The SMILES string of the molecule is Cc1cccc(CC(=O)NC2COCC2(C)C(=O)O)c1. The fourth-order valence-corrected chi connectivity index (χ4v) is 2.34. The van der Waals surface area contributed by atoms with Crippen molar-refractivity contribution in [1.29, 1.82) is 0 Å². The zero-order valence-electron chi connectivity index (χ0n) is 11.7. The van der Waals surface area contributed by atoms with Crippen LogP contribution in [0.1, 0.15) is 18.1 Å². The van der Waals surface area contributed by atoms with E-state index < -0.39 is 17.4 Å². The number of hydrogen-bond donors (Lipinski definition) is 2. The number of carboxylic acids is 1. The number of benzene rings is 1. The lowest BCUT2D eigenvalue weighted by atomic mass is 9.85. The minimum atomic E-state index is -1.05. The smallest absolute Gasteiger partial charge is 0.313 e. The van der Waals surface area contributed by atoms with Gasteiger partial charge in [0.2, 0.25) is 5.91 Å². The van der Waals surface area contributed by atoms with Crippen molar-refractivity contribution in [3.8, 4) is 0 Å². The Morgan fingerprint density at radius 2 is 2.25 bits per heavy atom. The molecule has 1 aromatic rings. The van der Waals surface area contributed by atoms with Crippen LogP contribution in [-0.2, 0) is 20.7 Å². The van der Waals surface area contributed by atoms with Crippen LogP contribution in [0.2, 0.25) is 0 Å². The summed E-state index contributed by atoms with van der Waals surface area (Å²) in [4.78, 5) is 23.3. The molecule has 1 saturated heterocycles. The molecule has 2 rings (SSSR count). The summed E-state index contributed by atoms with van der Waals surface area (Å²) < 4.78 is 5.21. The van der Waals surface area contributed by atoms with Crippen molar-refractivity contribution >= 4 is 11.9 Å². The van der Waals surface area contributed by atoms with E-state index in [9.17, 15) is 14.7 Å². The molecule has 5 nitrogen and oxygen atoms in total. The highest BCUT2D eigenvalue weighted by atomic mass is 16.5. The second kappa shape index (κ2) is 5.63. The molecule has 1 fully saturated rings. The molecule has 2 unspecified atom stereocenters. The lowest BCUT2D eigenvalue weighted by Crippen LogP contribution is -2.50. The molecule has 1 aromatic carbocycles. The summed E-state index contributed by atoms with van der Waals surface area (Å²) in [6.45, 7) is 3.92. The molecule has 1 aliphatic heterocycles. The van der Waals surface area contributed by atoms with Crippen molar-refractivity contribution < 1.29 is 19.4 Å². The number of hydrogen-bond acceptors (Lipinski definition) is 3. The number of carbonyl (C=O) groups excluding carboxylic acids is 1. The van der Waals surface area contributed by atoms with E-state index in [1.807, 2.05) is 31.2 Å². The van der Waals surface area contributed by atoms with Gasteiger partial charge in [-0.1, -0.05) is 29.8 Å². The van der Waals surface area contributed by atoms with Crippen molar-refractivity contribution in [2.24, 2.45) is 5.41 Å². The van der Waals surface area contributed by atoms with E-state index in [4.69, 9.17) is 4.74 Å². The van der Waals surface area contributed by atoms with Crippen LogP contribution in [0.15, 0.2) is 24.3 Å². The van der Waals surface area contributed by atoms with Crippen LogP contribution in [0.5, 0.6) is 0 Å². The van der Waals surface area contributed by atoms with Crippen LogP contribution in [0, 0.1) is 12.3 Å². The van der Waals surface area contributed by atoms with Gasteiger partial charge in [-0.15, -0.1) is 0 Å². The molecule has 0 aliphatic carbocycles. The first kappa shape index (κ1) is 14.5. The first-order valence-electron chi connectivity index (χ1n) is 6.58. The molecule has 0 bridgehead atoms. The van der Waals surface area contributed by atoms with E-state index >= 15 is 0 Å². The van der Waals surface area contributed by atoms with Gasteiger partial charge in [0.05, 0.1) is 25.7 Å². The summed E-state index contributed by atoms with van der Waals surface area (Å²) in [7, 11) is 0. The highest BCUT2D eigenvalue weighted by Gasteiger charge is 2.47. The van der Waals surface area contributed by atoms with Gasteiger partial charge in [-0.2, -0.15) is 0 Å². The van der Waals surface area contributed by atoms with Gasteiger partial charge in [-0.05, 0) is 19.4 Å². The van der Waals surface area contributed by atoms with Crippen LogP contribution in [-0.4, -0.2) is 36.2 Å². The Labute approximate surface area is 117 Å². The molecular formula is C15H19NO4. The van der Waals surface area contributed by atoms with E-state index in [1.54, 1.807) is 6.92 Å². The zero-order chi connectivity index (χ0) is 14.8. The molecule has 0 saturated carbocycles. The predicted molar refractivity (Wildman–Crippen MR) is 73.4 cm³/mol. The largest absolute Gasteiger partial charge is 0.481 e. The molecule has 2 N–H and O–H groups in total. The van der Waals surface area contributed by atoms with Crippen LogP contribution < -0.4 is 5.32 Å². The summed E-state index contributed by atoms with van der Waals surface area (Å²) in [6.07, 6.45) is 0.244. The average Bonchev–Trinajstić information content (AvgIpc) is 2.72. The molecule has 2 atom stereocenters. The molecule has 1 amide bonds. The number of aliphatic carboxylic acids is 1. The van der Waals surface area contributed by atoms with E-state index in [1.165, 1.54) is 0 Å². The van der Waals surface area contributed by atoms with Crippen LogP contribution in [0.25, 0.3) is 0 Å². The molecular weight excluding hydrogens is 258 g/mol. The normalized spacial score (nSPS) is 25.4. The maximum absolute atomic E-state index is 12.0. The number of nitrogens with one attached hydrogen (secondary N) is 1. The van der Waals surface area contributed by atoms with Crippen molar-refractivity contribution in [1.82, 2.24) is 5.32 Å². The van der Waals surface area contributed by atoms with Crippen molar-refractivity contribution in [3.63, 3.8) is 0 Å². The molecule has 108 valence electrons. The molecule has 0 radical (unpaired) electrons. The Bertz CT molecular complexity index is 528. The monoisotopic (exact) mass is 277 g/mol. The first-order valence-corrected chi connectivity index (χ1v) is 6.58. The number of ether oxygens (including phenoxy) is 1. The van der Waals surface area contributed by atoms with Gasteiger partial charge in [0.15, 0.2) is 0 Å². The lowest BCUT2D eigenvalue weighted by molar-refractivity contribution is -0.149. The molecule has 1 aliphatic rings. The van der Waals surface area contributed by atoms with E-state index in [2.05, 4.69) is 5.32 Å². The molecule has 0 aromatic heterocycles. The maximum Gasteiger partial charge on any atom is 0.313 e. The number of carbonyl (C=O) groups is 2. The number of amides is 1. The van der Waals surface area contributed by atoms with E-state index in [0.717, 1.165) is 11.1 Å². The summed E-state index contributed by atoms with van der Waals surface area (Å²) in [5.74, 6) is -1.13. The van der Waals surface area contributed by atoms with Gasteiger partial charge in [0, 0.05) is 0 Å². The number of aryl methyl sites for hydroxylation is 1. The number of rotatable bonds is 4. The van der Waals surface area contributed by atoms with E-state index in [-0.39, 0.29) is 25.5 Å². The Hall–Kier alpha value is -1.88. The minimum absolute atomic E-state index is 0.123. The second-order valence-corrected chi connectivity index (χ2v) is 5.52. The quantitative estimate of drug-likeness (QED) is 0.865. The Balaban J connectivity index is 2.00. The van der Waals surface area contributed by atoms with Crippen LogP contribution in [0.3, 0.4) is 0 Å². The Morgan fingerprint density at radius 1 is 1.50 bits per heavy atom. The second-order valence-electron chi connectivity index (χ2n) is 5.52. The topological polar surface area (TPSA) is 75.6 Å². The van der Waals surface area contributed by atoms with Gasteiger partial charge < -0.3 is 15.2 Å². The third kappa shape index (κ3) is 2.99. The minimum Gasteiger partial charge on any atom is -0.481 e. The fraction of sp³-hybridized carbons (Fsp3) is 0.467. The summed E-state index contributed by atoms with van der Waals surface area (Å²) in [5.41, 5.74) is 0.954. The van der Waals surface area contributed by atoms with Gasteiger partial charge in [-0.25, -0.2) is 0 Å². The highest BCUT2D eigenvalue weighted by Crippen LogP contribution is 2.28. The van der Waals surface area contributed by atoms with Crippen molar-refractivity contribution in [3.05, 3.63) is 35.4 Å². The predicted octanol–water partition coefficient (Wildman–Crippen LogP) is 1.14. The highest BCUT2D eigenvalue weighted by molar-refractivity contribution is 5.81. The molecule has 20 heavy (non-hydrogen) atoms. The Morgan fingerprint density at radius 3 is 2.90 bits per heavy atom. The van der Waals surface area contributed by atoms with Gasteiger partial charge in [0.25, 0.3) is 0 Å². The van der Waals surface area contributed by atoms with Crippen molar-refractivity contribution in [2.75, 3.05) is 13.2 Å². The average molecular weight is 277 g/mol. The lowest BCUT2D eigenvalue weighted by Gasteiger charge is -2.25. The fourth-order valence-electron chi connectivity index (χ4n) is 2.34. The van der Waals surface area contributed by atoms with Crippen LogP contribution in [0.4, 0.5) is 0 Å².